The van der Waals surface area contributed by atoms with E-state index in [4.69, 9.17) is 21.1 Å². The number of ether oxygens (including phenoxy) is 2. The number of hydrogen-bond acceptors (Lipinski definition) is 7. The highest BCUT2D eigenvalue weighted by Crippen LogP contribution is 2.27. The number of carbonyl (C=O) groups is 1. The van der Waals surface area contributed by atoms with Gasteiger partial charge < -0.3 is 9.47 Å². The van der Waals surface area contributed by atoms with Crippen LogP contribution in [0.15, 0.2) is 47.1 Å². The third-order valence-electron chi connectivity index (χ3n) is 2.99. The molecule has 5 nitrogen and oxygen atoms in total. The minimum absolute atomic E-state index is 0.169. The first-order valence-electron chi connectivity index (χ1n) is 7.08. The Balaban J connectivity index is 1.42. The number of halogens is 1. The monoisotopic (exact) mass is 380 g/mol. The number of fused-ring (bicyclic) bond motifs is 1. The highest BCUT2D eigenvalue weighted by atomic mass is 35.5. The summed E-state index contributed by atoms with van der Waals surface area (Å²) >= 11 is 8.86. The van der Waals surface area contributed by atoms with Gasteiger partial charge in [0, 0.05) is 5.39 Å². The average molecular weight is 381 g/mol. The summed E-state index contributed by atoms with van der Waals surface area (Å²) in [7, 11) is 0. The molecule has 0 N–H and O–H groups in total. The molecule has 0 unspecified atom stereocenters. The summed E-state index contributed by atoms with van der Waals surface area (Å²) < 4.78 is 10.6. The summed E-state index contributed by atoms with van der Waals surface area (Å²) in [5.74, 6) is 0.448. The quantitative estimate of drug-likeness (QED) is 0.266. The Labute approximate surface area is 152 Å². The van der Waals surface area contributed by atoms with E-state index in [-0.39, 0.29) is 24.9 Å². The van der Waals surface area contributed by atoms with Crippen LogP contribution in [0.2, 0.25) is 5.02 Å². The number of rotatable bonds is 7. The van der Waals surface area contributed by atoms with Crippen molar-refractivity contribution in [3.05, 3.63) is 47.1 Å². The molecule has 0 spiro atoms. The van der Waals surface area contributed by atoms with Crippen LogP contribution in [-0.4, -0.2) is 34.9 Å². The summed E-state index contributed by atoms with van der Waals surface area (Å²) in [6.45, 7) is 0.421. The zero-order valence-electron chi connectivity index (χ0n) is 12.5. The van der Waals surface area contributed by atoms with Crippen molar-refractivity contribution in [2.45, 2.75) is 5.03 Å². The van der Waals surface area contributed by atoms with Crippen molar-refractivity contribution >= 4 is 50.9 Å². The first kappa shape index (κ1) is 17.0. The molecule has 3 aromatic rings. The summed E-state index contributed by atoms with van der Waals surface area (Å²) in [5, 5.41) is 4.23. The second-order valence-electron chi connectivity index (χ2n) is 4.61. The van der Waals surface area contributed by atoms with Gasteiger partial charge in [-0.2, -0.15) is 0 Å². The second kappa shape index (κ2) is 8.32. The number of esters is 1. The fraction of sp³-hybridized carbons (Fsp3) is 0.188. The Morgan fingerprint density at radius 3 is 2.96 bits per heavy atom. The third-order valence-corrected chi connectivity index (χ3v) is 5.10. The Bertz CT molecular complexity index is 841. The molecule has 0 aliphatic rings. The summed E-state index contributed by atoms with van der Waals surface area (Å²) in [6.07, 6.45) is 1.50. The van der Waals surface area contributed by atoms with E-state index >= 15 is 0 Å². The zero-order chi connectivity index (χ0) is 16.8. The summed E-state index contributed by atoms with van der Waals surface area (Å²) in [4.78, 5) is 21.1. The van der Waals surface area contributed by atoms with Gasteiger partial charge in [-0.15, -0.1) is 11.3 Å². The fourth-order valence-electron chi connectivity index (χ4n) is 1.92. The van der Waals surface area contributed by atoms with Crippen LogP contribution in [0.25, 0.3) is 10.2 Å². The molecule has 2 heterocycles. The molecule has 0 fully saturated rings. The molecule has 0 amide bonds. The van der Waals surface area contributed by atoms with Crippen molar-refractivity contribution in [2.75, 3.05) is 19.0 Å². The van der Waals surface area contributed by atoms with Gasteiger partial charge in [0.25, 0.3) is 0 Å². The molecule has 0 atom stereocenters. The SMILES string of the molecule is O=C(CSc1ncnc2sccc12)OCCOc1ccccc1Cl. The van der Waals surface area contributed by atoms with E-state index in [2.05, 4.69) is 9.97 Å². The third kappa shape index (κ3) is 4.37. The molecule has 0 saturated heterocycles. The van der Waals surface area contributed by atoms with Crippen LogP contribution in [0.4, 0.5) is 0 Å². The van der Waals surface area contributed by atoms with Crippen LogP contribution in [-0.2, 0) is 9.53 Å². The van der Waals surface area contributed by atoms with Crippen LogP contribution in [0.5, 0.6) is 5.75 Å². The number of hydrogen-bond donors (Lipinski definition) is 0. The predicted octanol–water partition coefficient (Wildman–Crippen LogP) is 4.06. The lowest BCUT2D eigenvalue weighted by molar-refractivity contribution is -0.141. The molecular weight excluding hydrogens is 368 g/mol. The number of benzene rings is 1. The Morgan fingerprint density at radius 2 is 2.08 bits per heavy atom. The Hall–Kier alpha value is -1.83. The molecule has 0 aliphatic heterocycles. The molecule has 24 heavy (non-hydrogen) atoms. The van der Waals surface area contributed by atoms with E-state index in [0.29, 0.717) is 10.8 Å². The molecule has 0 bridgehead atoms. The Kier molecular flexibility index (Phi) is 5.90. The van der Waals surface area contributed by atoms with Crippen molar-refractivity contribution in [1.82, 2.24) is 9.97 Å². The van der Waals surface area contributed by atoms with Gasteiger partial charge in [0.2, 0.25) is 0 Å². The van der Waals surface area contributed by atoms with E-state index in [0.717, 1.165) is 15.2 Å². The minimum Gasteiger partial charge on any atom is -0.488 e. The predicted molar refractivity (Wildman–Crippen MR) is 96.0 cm³/mol. The topological polar surface area (TPSA) is 61.3 Å². The maximum atomic E-state index is 11.8. The van der Waals surface area contributed by atoms with Crippen LogP contribution in [0.3, 0.4) is 0 Å². The standard InChI is InChI=1S/C16H13ClN2O3S2/c17-12-3-1-2-4-13(12)21-6-7-22-14(20)9-24-16-11-5-8-23-15(11)18-10-19-16/h1-5,8,10H,6-7,9H2. The number of carbonyl (C=O) groups excluding carboxylic acids is 1. The first-order chi connectivity index (χ1) is 11.7. The highest BCUT2D eigenvalue weighted by molar-refractivity contribution is 8.00. The molecule has 0 saturated carbocycles. The Morgan fingerprint density at radius 1 is 1.21 bits per heavy atom. The lowest BCUT2D eigenvalue weighted by Gasteiger charge is -2.08. The van der Waals surface area contributed by atoms with Gasteiger partial charge in [0.1, 0.15) is 35.1 Å². The first-order valence-corrected chi connectivity index (χ1v) is 9.32. The van der Waals surface area contributed by atoms with Gasteiger partial charge >= 0.3 is 5.97 Å². The highest BCUT2D eigenvalue weighted by Gasteiger charge is 2.09. The van der Waals surface area contributed by atoms with Gasteiger partial charge in [-0.25, -0.2) is 9.97 Å². The largest absolute Gasteiger partial charge is 0.488 e. The van der Waals surface area contributed by atoms with Crippen LogP contribution >= 0.6 is 34.7 Å². The average Bonchev–Trinajstić information content (AvgIpc) is 3.07. The minimum atomic E-state index is -0.315. The van der Waals surface area contributed by atoms with E-state index in [1.807, 2.05) is 23.6 Å². The van der Waals surface area contributed by atoms with Gasteiger partial charge in [0.15, 0.2) is 0 Å². The number of para-hydroxylation sites is 1. The molecule has 0 aliphatic carbocycles. The summed E-state index contributed by atoms with van der Waals surface area (Å²) in [6, 6.07) is 9.11. The van der Waals surface area contributed by atoms with Crippen LogP contribution in [0, 0.1) is 0 Å². The number of nitrogens with zero attached hydrogens (tertiary/aromatic N) is 2. The molecule has 3 rings (SSSR count). The van der Waals surface area contributed by atoms with Crippen molar-refractivity contribution in [1.29, 1.82) is 0 Å². The molecule has 0 radical (unpaired) electrons. The van der Waals surface area contributed by atoms with E-state index in [1.54, 1.807) is 23.5 Å². The van der Waals surface area contributed by atoms with E-state index in [1.165, 1.54) is 18.1 Å². The molecular formula is C16H13ClN2O3S2. The maximum Gasteiger partial charge on any atom is 0.316 e. The van der Waals surface area contributed by atoms with Crippen molar-refractivity contribution in [2.24, 2.45) is 0 Å². The van der Waals surface area contributed by atoms with Crippen molar-refractivity contribution in [3.8, 4) is 5.75 Å². The second-order valence-corrected chi connectivity index (χ2v) is 6.87. The number of aromatic nitrogens is 2. The fourth-order valence-corrected chi connectivity index (χ4v) is 3.69. The van der Waals surface area contributed by atoms with E-state index in [9.17, 15) is 4.79 Å². The van der Waals surface area contributed by atoms with Crippen LogP contribution in [0.1, 0.15) is 0 Å². The van der Waals surface area contributed by atoms with Gasteiger partial charge in [0.05, 0.1) is 10.8 Å². The van der Waals surface area contributed by atoms with E-state index < -0.39 is 0 Å². The van der Waals surface area contributed by atoms with Crippen molar-refractivity contribution < 1.29 is 14.3 Å². The maximum absolute atomic E-state index is 11.8. The van der Waals surface area contributed by atoms with Gasteiger partial charge in [-0.1, -0.05) is 35.5 Å². The smallest absolute Gasteiger partial charge is 0.316 e. The van der Waals surface area contributed by atoms with Crippen LogP contribution < -0.4 is 4.74 Å². The molecule has 124 valence electrons. The van der Waals surface area contributed by atoms with Gasteiger partial charge in [-0.05, 0) is 23.6 Å². The zero-order valence-corrected chi connectivity index (χ0v) is 14.9. The lowest BCUT2D eigenvalue weighted by Crippen LogP contribution is -2.14. The molecule has 8 heteroatoms. The molecule has 1 aromatic carbocycles. The van der Waals surface area contributed by atoms with Gasteiger partial charge in [-0.3, -0.25) is 4.79 Å². The normalized spacial score (nSPS) is 10.7. The summed E-state index contributed by atoms with van der Waals surface area (Å²) in [5.41, 5.74) is 0. The van der Waals surface area contributed by atoms with Crippen molar-refractivity contribution in [3.63, 3.8) is 0 Å². The number of thioether (sulfide) groups is 1. The lowest BCUT2D eigenvalue weighted by atomic mass is 10.3. The number of thiophene rings is 1. The molecule has 2 aromatic heterocycles.